The summed E-state index contributed by atoms with van der Waals surface area (Å²) in [5.74, 6) is -2.59. The summed E-state index contributed by atoms with van der Waals surface area (Å²) in [6, 6.07) is -0.590. The highest BCUT2D eigenvalue weighted by Gasteiger charge is 2.44. The fourth-order valence-electron chi connectivity index (χ4n) is 2.16. The van der Waals surface area contributed by atoms with E-state index in [-0.39, 0.29) is 6.54 Å². The van der Waals surface area contributed by atoms with Gasteiger partial charge in [-0.15, -0.1) is 0 Å². The Morgan fingerprint density at radius 3 is 2.64 bits per heavy atom. The molecule has 1 atom stereocenters. The summed E-state index contributed by atoms with van der Waals surface area (Å²) in [6.45, 7) is 2.95. The van der Waals surface area contributed by atoms with E-state index in [2.05, 4.69) is 5.32 Å². The second kappa shape index (κ2) is 4.08. The van der Waals surface area contributed by atoms with Gasteiger partial charge in [-0.2, -0.15) is 0 Å². The Hall–Kier alpha value is -0.260. The smallest absolute Gasteiger partial charge is 0.275 e. The summed E-state index contributed by atoms with van der Waals surface area (Å²) in [7, 11) is 0. The second-order valence-corrected chi connectivity index (χ2v) is 3.89. The molecule has 1 unspecified atom stereocenters. The van der Waals surface area contributed by atoms with Crippen LogP contribution < -0.4 is 5.32 Å². The zero-order valence-electron chi connectivity index (χ0n) is 8.14. The molecule has 0 aromatic heterocycles. The minimum atomic E-state index is -2.59. The molecule has 2 fully saturated rings. The van der Waals surface area contributed by atoms with Crippen molar-refractivity contribution >= 4 is 0 Å². The SMILES string of the molecule is FC1(F)CNCCC1N1CCOCC1. The van der Waals surface area contributed by atoms with Gasteiger partial charge in [-0.3, -0.25) is 4.90 Å². The van der Waals surface area contributed by atoms with E-state index in [4.69, 9.17) is 4.74 Å². The first-order valence-corrected chi connectivity index (χ1v) is 5.10. The zero-order valence-corrected chi connectivity index (χ0v) is 8.14. The van der Waals surface area contributed by atoms with Crippen molar-refractivity contribution in [2.75, 3.05) is 39.4 Å². The maximum absolute atomic E-state index is 13.5. The molecule has 0 aliphatic carbocycles. The minimum absolute atomic E-state index is 0.185. The Bertz CT molecular complexity index is 195. The van der Waals surface area contributed by atoms with Gasteiger partial charge in [0.15, 0.2) is 0 Å². The molecule has 14 heavy (non-hydrogen) atoms. The van der Waals surface area contributed by atoms with E-state index in [0.717, 1.165) is 0 Å². The third-order valence-electron chi connectivity index (χ3n) is 2.93. The Labute approximate surface area is 82.4 Å². The van der Waals surface area contributed by atoms with Gasteiger partial charge in [0.25, 0.3) is 5.92 Å². The second-order valence-electron chi connectivity index (χ2n) is 3.89. The summed E-state index contributed by atoms with van der Waals surface area (Å²) >= 11 is 0. The average Bonchev–Trinajstić information content (AvgIpc) is 2.18. The van der Waals surface area contributed by atoms with Crippen molar-refractivity contribution in [1.82, 2.24) is 10.2 Å². The summed E-state index contributed by atoms with van der Waals surface area (Å²) < 4.78 is 32.2. The van der Waals surface area contributed by atoms with E-state index in [0.29, 0.717) is 39.3 Å². The fraction of sp³-hybridized carbons (Fsp3) is 1.00. The molecule has 2 saturated heterocycles. The van der Waals surface area contributed by atoms with Crippen LogP contribution in [0, 0.1) is 0 Å². The van der Waals surface area contributed by atoms with Gasteiger partial charge in [-0.25, -0.2) is 8.78 Å². The maximum atomic E-state index is 13.5. The Balaban J connectivity index is 1.99. The van der Waals surface area contributed by atoms with Crippen LogP contribution in [0.2, 0.25) is 0 Å². The number of halogens is 2. The highest BCUT2D eigenvalue weighted by Crippen LogP contribution is 2.28. The number of alkyl halides is 2. The van der Waals surface area contributed by atoms with Crippen molar-refractivity contribution in [3.8, 4) is 0 Å². The number of morpholine rings is 1. The molecule has 5 heteroatoms. The van der Waals surface area contributed by atoms with Gasteiger partial charge in [-0.05, 0) is 13.0 Å². The molecule has 2 aliphatic rings. The van der Waals surface area contributed by atoms with E-state index in [9.17, 15) is 8.78 Å². The zero-order chi connectivity index (χ0) is 10.0. The highest BCUT2D eigenvalue weighted by atomic mass is 19.3. The van der Waals surface area contributed by atoms with E-state index in [1.54, 1.807) is 0 Å². The molecule has 3 nitrogen and oxygen atoms in total. The molecule has 2 heterocycles. The normalized spacial score (nSPS) is 34.3. The number of hydrogen-bond donors (Lipinski definition) is 1. The van der Waals surface area contributed by atoms with Crippen LogP contribution in [0.5, 0.6) is 0 Å². The Morgan fingerprint density at radius 2 is 2.00 bits per heavy atom. The first-order chi connectivity index (χ1) is 6.70. The standard InChI is InChI=1S/C9H16F2N2O/c10-9(11)7-12-2-1-8(9)13-3-5-14-6-4-13/h8,12H,1-7H2. The van der Waals surface area contributed by atoms with Crippen molar-refractivity contribution in [3.63, 3.8) is 0 Å². The topological polar surface area (TPSA) is 24.5 Å². The number of hydrogen-bond acceptors (Lipinski definition) is 3. The lowest BCUT2D eigenvalue weighted by atomic mass is 10.0. The minimum Gasteiger partial charge on any atom is -0.379 e. The number of nitrogens with zero attached hydrogens (tertiary/aromatic N) is 1. The predicted octanol–water partition coefficient (Wildman–Crippen LogP) is 0.316. The largest absolute Gasteiger partial charge is 0.379 e. The highest BCUT2D eigenvalue weighted by molar-refractivity contribution is 4.92. The molecule has 0 saturated carbocycles. The van der Waals surface area contributed by atoms with Crippen LogP contribution in [-0.4, -0.2) is 56.3 Å². The van der Waals surface area contributed by atoms with Gasteiger partial charge in [0.2, 0.25) is 0 Å². The molecule has 0 aromatic rings. The lowest BCUT2D eigenvalue weighted by Gasteiger charge is -2.41. The number of rotatable bonds is 1. The Kier molecular flexibility index (Phi) is 2.99. The maximum Gasteiger partial charge on any atom is 0.275 e. The van der Waals surface area contributed by atoms with E-state index < -0.39 is 12.0 Å². The van der Waals surface area contributed by atoms with Crippen molar-refractivity contribution in [2.24, 2.45) is 0 Å². The van der Waals surface area contributed by atoms with Crippen molar-refractivity contribution in [1.29, 1.82) is 0 Å². The van der Waals surface area contributed by atoms with Gasteiger partial charge >= 0.3 is 0 Å². The first-order valence-electron chi connectivity index (χ1n) is 5.10. The monoisotopic (exact) mass is 206 g/mol. The predicted molar refractivity (Wildman–Crippen MR) is 48.6 cm³/mol. The molecule has 0 spiro atoms. The van der Waals surface area contributed by atoms with Crippen LogP contribution in [0.4, 0.5) is 8.78 Å². The average molecular weight is 206 g/mol. The molecular weight excluding hydrogens is 190 g/mol. The van der Waals surface area contributed by atoms with Crippen LogP contribution in [0.15, 0.2) is 0 Å². The quantitative estimate of drug-likeness (QED) is 0.668. The van der Waals surface area contributed by atoms with Gasteiger partial charge in [-0.1, -0.05) is 0 Å². The summed E-state index contributed by atoms with van der Waals surface area (Å²) in [5.41, 5.74) is 0. The third-order valence-corrected chi connectivity index (χ3v) is 2.93. The lowest BCUT2D eigenvalue weighted by molar-refractivity contribution is -0.114. The molecule has 0 radical (unpaired) electrons. The van der Waals surface area contributed by atoms with E-state index >= 15 is 0 Å². The van der Waals surface area contributed by atoms with Crippen LogP contribution >= 0.6 is 0 Å². The van der Waals surface area contributed by atoms with Gasteiger partial charge < -0.3 is 10.1 Å². The lowest BCUT2D eigenvalue weighted by Crippen LogP contribution is -2.59. The molecule has 1 N–H and O–H groups in total. The molecule has 0 aromatic carbocycles. The molecule has 82 valence electrons. The summed E-state index contributed by atoms with van der Waals surface area (Å²) in [4.78, 5) is 1.87. The fourth-order valence-corrected chi connectivity index (χ4v) is 2.16. The van der Waals surface area contributed by atoms with Gasteiger partial charge in [0, 0.05) is 13.1 Å². The van der Waals surface area contributed by atoms with Crippen LogP contribution in [-0.2, 0) is 4.74 Å². The van der Waals surface area contributed by atoms with Gasteiger partial charge in [0.1, 0.15) is 0 Å². The number of nitrogens with one attached hydrogen (secondary N) is 1. The van der Waals surface area contributed by atoms with Crippen LogP contribution in [0.3, 0.4) is 0 Å². The summed E-state index contributed by atoms with van der Waals surface area (Å²) in [5, 5.41) is 2.74. The Morgan fingerprint density at radius 1 is 1.29 bits per heavy atom. The van der Waals surface area contributed by atoms with Crippen molar-refractivity contribution < 1.29 is 13.5 Å². The molecular formula is C9H16F2N2O. The molecule has 2 aliphatic heterocycles. The third kappa shape index (κ3) is 2.04. The van der Waals surface area contributed by atoms with Gasteiger partial charge in [0.05, 0.1) is 25.8 Å². The molecule has 2 rings (SSSR count). The first kappa shape index (κ1) is 10.3. The van der Waals surface area contributed by atoms with Crippen LogP contribution in [0.1, 0.15) is 6.42 Å². The number of ether oxygens (including phenoxy) is 1. The van der Waals surface area contributed by atoms with Crippen LogP contribution in [0.25, 0.3) is 0 Å². The van der Waals surface area contributed by atoms with E-state index in [1.807, 2.05) is 4.90 Å². The van der Waals surface area contributed by atoms with Crippen molar-refractivity contribution in [3.05, 3.63) is 0 Å². The van der Waals surface area contributed by atoms with E-state index in [1.165, 1.54) is 0 Å². The van der Waals surface area contributed by atoms with Crippen molar-refractivity contribution in [2.45, 2.75) is 18.4 Å². The molecule has 0 bridgehead atoms. The summed E-state index contributed by atoms with van der Waals surface area (Å²) in [6.07, 6.45) is 0.535. The number of piperidine rings is 1. The molecule has 0 amide bonds.